The Hall–Kier alpha value is -2.48. The van der Waals surface area contributed by atoms with Crippen molar-refractivity contribution in [1.29, 1.82) is 0 Å². The number of likely N-dealkylation sites (tertiary alicyclic amines) is 1. The maximum absolute atomic E-state index is 5.44. The topological polar surface area (TPSA) is 47.5 Å². The normalized spacial score (nSPS) is 16.9. The second-order valence-electron chi connectivity index (χ2n) is 7.36. The lowest BCUT2D eigenvalue weighted by Gasteiger charge is -2.21. The second-order valence-corrected chi connectivity index (χ2v) is 9.28. The van der Waals surface area contributed by atoms with E-state index in [1.165, 1.54) is 16.1 Å². The number of aromatic nitrogens is 2. The summed E-state index contributed by atoms with van der Waals surface area (Å²) in [4.78, 5) is 12.3. The summed E-state index contributed by atoms with van der Waals surface area (Å²) in [6, 6.07) is 14.7. The van der Waals surface area contributed by atoms with Crippen LogP contribution in [0.5, 0.6) is 11.5 Å². The molecule has 0 radical (unpaired) electrons. The van der Waals surface area contributed by atoms with E-state index in [1.807, 2.05) is 29.5 Å². The average molecular weight is 438 g/mol. The Bertz CT molecular complexity index is 1140. The van der Waals surface area contributed by atoms with E-state index < -0.39 is 0 Å². The third kappa shape index (κ3) is 3.69. The fourth-order valence-corrected chi connectivity index (χ4v) is 5.96. The number of thiazole rings is 2. The Labute approximate surface area is 183 Å². The third-order valence-corrected chi connectivity index (χ3v) is 7.58. The van der Waals surface area contributed by atoms with Crippen molar-refractivity contribution in [2.24, 2.45) is 0 Å². The molecule has 0 spiro atoms. The minimum absolute atomic E-state index is 0.383. The van der Waals surface area contributed by atoms with Crippen LogP contribution in [0.3, 0.4) is 0 Å². The maximum Gasteiger partial charge on any atom is 0.161 e. The Morgan fingerprint density at radius 1 is 1.07 bits per heavy atom. The zero-order valence-electron chi connectivity index (χ0n) is 17.0. The molecule has 0 bridgehead atoms. The Morgan fingerprint density at radius 2 is 1.93 bits per heavy atom. The molecule has 30 heavy (non-hydrogen) atoms. The van der Waals surface area contributed by atoms with Gasteiger partial charge in [-0.05, 0) is 49.7 Å². The van der Waals surface area contributed by atoms with E-state index in [2.05, 4.69) is 34.5 Å². The molecule has 1 fully saturated rings. The molecule has 0 unspecified atom stereocenters. The molecule has 0 aliphatic carbocycles. The molecule has 7 heteroatoms. The summed E-state index contributed by atoms with van der Waals surface area (Å²) in [5.74, 6) is 1.45. The van der Waals surface area contributed by atoms with Crippen molar-refractivity contribution < 1.29 is 9.47 Å². The molecule has 1 saturated heterocycles. The number of ether oxygens (including phenoxy) is 2. The Morgan fingerprint density at radius 3 is 2.77 bits per heavy atom. The molecule has 0 saturated carbocycles. The van der Waals surface area contributed by atoms with Gasteiger partial charge in [0.1, 0.15) is 10.0 Å². The highest BCUT2D eigenvalue weighted by Crippen LogP contribution is 2.38. The fourth-order valence-electron chi connectivity index (χ4n) is 4.02. The average Bonchev–Trinajstić information content (AvgIpc) is 3.52. The molecular weight excluding hydrogens is 414 g/mol. The van der Waals surface area contributed by atoms with Crippen LogP contribution in [-0.4, -0.2) is 35.6 Å². The van der Waals surface area contributed by atoms with E-state index in [0.29, 0.717) is 6.04 Å². The summed E-state index contributed by atoms with van der Waals surface area (Å²) in [6.07, 6.45) is 2.36. The minimum atomic E-state index is 0.383. The first kappa shape index (κ1) is 19.5. The summed E-state index contributed by atoms with van der Waals surface area (Å²) in [5, 5.41) is 4.39. The summed E-state index contributed by atoms with van der Waals surface area (Å²) >= 11 is 3.49. The van der Waals surface area contributed by atoms with Crippen LogP contribution in [0.25, 0.3) is 20.8 Å². The molecule has 0 N–H and O–H groups in total. The van der Waals surface area contributed by atoms with Crippen LogP contribution in [0.4, 0.5) is 0 Å². The van der Waals surface area contributed by atoms with E-state index in [9.17, 15) is 0 Å². The molecule has 154 valence electrons. The van der Waals surface area contributed by atoms with E-state index in [-0.39, 0.29) is 0 Å². The smallest absolute Gasteiger partial charge is 0.161 e. The summed E-state index contributed by atoms with van der Waals surface area (Å²) in [7, 11) is 3.31. The highest BCUT2D eigenvalue weighted by atomic mass is 32.1. The van der Waals surface area contributed by atoms with Gasteiger partial charge in [0.25, 0.3) is 0 Å². The zero-order chi connectivity index (χ0) is 20.5. The van der Waals surface area contributed by atoms with Gasteiger partial charge in [-0.1, -0.05) is 12.1 Å². The number of para-hydroxylation sites is 1. The molecule has 1 aliphatic heterocycles. The molecule has 1 aliphatic rings. The number of benzene rings is 2. The van der Waals surface area contributed by atoms with Crippen molar-refractivity contribution in [3.05, 3.63) is 58.5 Å². The van der Waals surface area contributed by atoms with Gasteiger partial charge in [-0.3, -0.25) is 4.90 Å². The number of hydrogen-bond donors (Lipinski definition) is 0. The van der Waals surface area contributed by atoms with Crippen molar-refractivity contribution in [2.75, 3.05) is 20.8 Å². The predicted octanol–water partition coefficient (Wildman–Crippen LogP) is 5.77. The lowest BCUT2D eigenvalue weighted by molar-refractivity contribution is 0.246. The summed E-state index contributed by atoms with van der Waals surface area (Å²) in [6.45, 7) is 1.94. The van der Waals surface area contributed by atoms with Gasteiger partial charge in [0, 0.05) is 17.5 Å². The zero-order valence-corrected chi connectivity index (χ0v) is 18.6. The fraction of sp³-hybridized carbons (Fsp3) is 0.304. The molecule has 0 amide bonds. The molecule has 5 nitrogen and oxygen atoms in total. The monoisotopic (exact) mass is 437 g/mol. The number of methoxy groups -OCH3 is 2. The van der Waals surface area contributed by atoms with Gasteiger partial charge >= 0.3 is 0 Å². The van der Waals surface area contributed by atoms with Crippen molar-refractivity contribution in [3.8, 4) is 22.1 Å². The van der Waals surface area contributed by atoms with Crippen LogP contribution in [0, 0.1) is 0 Å². The van der Waals surface area contributed by atoms with E-state index in [0.717, 1.165) is 52.8 Å². The third-order valence-electron chi connectivity index (χ3n) is 5.51. The first-order chi connectivity index (χ1) is 14.7. The molecule has 4 aromatic rings. The minimum Gasteiger partial charge on any atom is -0.493 e. The number of rotatable bonds is 6. The quantitative estimate of drug-likeness (QED) is 0.383. The van der Waals surface area contributed by atoms with Crippen LogP contribution in [0.15, 0.2) is 47.8 Å². The number of nitrogens with zero attached hydrogens (tertiary/aromatic N) is 3. The maximum atomic E-state index is 5.44. The van der Waals surface area contributed by atoms with Crippen molar-refractivity contribution in [1.82, 2.24) is 14.9 Å². The summed E-state index contributed by atoms with van der Waals surface area (Å²) < 4.78 is 12.0. The molecule has 1 atom stereocenters. The van der Waals surface area contributed by atoms with E-state index in [4.69, 9.17) is 19.4 Å². The lowest BCUT2D eigenvalue weighted by atomic mass is 10.2. The van der Waals surface area contributed by atoms with Gasteiger partial charge in [0.2, 0.25) is 0 Å². The number of fused-ring (bicyclic) bond motifs is 1. The molecule has 5 rings (SSSR count). The van der Waals surface area contributed by atoms with Crippen molar-refractivity contribution in [3.63, 3.8) is 0 Å². The van der Waals surface area contributed by atoms with Crippen molar-refractivity contribution >= 4 is 32.9 Å². The molecular formula is C23H23N3O2S2. The molecule has 2 aromatic carbocycles. The van der Waals surface area contributed by atoms with Crippen LogP contribution >= 0.6 is 22.7 Å². The standard InChI is InChI=1S/C23H23N3O2S2/c1-27-19-10-9-15(12-20(19)28-2)22-24-16(14-29-22)13-26-11-5-7-18(26)23-25-17-6-3-4-8-21(17)30-23/h3-4,6,8-10,12,14,18H,5,7,11,13H2,1-2H3/t18-/m0/s1. The van der Waals surface area contributed by atoms with Crippen molar-refractivity contribution in [2.45, 2.75) is 25.4 Å². The first-order valence-corrected chi connectivity index (χ1v) is 11.7. The van der Waals surface area contributed by atoms with Crippen LogP contribution in [0.2, 0.25) is 0 Å². The molecule has 3 heterocycles. The largest absolute Gasteiger partial charge is 0.493 e. The van der Waals surface area contributed by atoms with Gasteiger partial charge in [-0.25, -0.2) is 9.97 Å². The van der Waals surface area contributed by atoms with Gasteiger partial charge in [-0.2, -0.15) is 0 Å². The SMILES string of the molecule is COc1ccc(-c2nc(CN3CCC[C@H]3c3nc4ccccc4s3)cs2)cc1OC. The molecule has 2 aromatic heterocycles. The van der Waals surface area contributed by atoms with Crippen LogP contribution < -0.4 is 9.47 Å². The highest BCUT2D eigenvalue weighted by Gasteiger charge is 2.29. The van der Waals surface area contributed by atoms with Gasteiger partial charge in [-0.15, -0.1) is 22.7 Å². The lowest BCUT2D eigenvalue weighted by Crippen LogP contribution is -2.22. The van der Waals surface area contributed by atoms with Crippen LogP contribution in [-0.2, 0) is 6.54 Å². The van der Waals surface area contributed by atoms with Gasteiger partial charge < -0.3 is 9.47 Å². The first-order valence-electron chi connectivity index (χ1n) is 10.0. The summed E-state index contributed by atoms with van der Waals surface area (Å²) in [5.41, 5.74) is 3.26. The van der Waals surface area contributed by atoms with Gasteiger partial charge in [0.05, 0.1) is 36.2 Å². The Balaban J connectivity index is 1.35. The second kappa shape index (κ2) is 8.34. The Kier molecular flexibility index (Phi) is 5.41. The van der Waals surface area contributed by atoms with Crippen LogP contribution in [0.1, 0.15) is 29.6 Å². The van der Waals surface area contributed by atoms with E-state index in [1.54, 1.807) is 25.6 Å². The predicted molar refractivity (Wildman–Crippen MR) is 123 cm³/mol. The number of hydrogen-bond acceptors (Lipinski definition) is 7. The van der Waals surface area contributed by atoms with E-state index >= 15 is 0 Å². The highest BCUT2D eigenvalue weighted by molar-refractivity contribution is 7.18. The van der Waals surface area contributed by atoms with Gasteiger partial charge in [0.15, 0.2) is 11.5 Å².